The molecule has 0 bridgehead atoms. The Morgan fingerprint density at radius 1 is 0.880 bits per heavy atom. The molecule has 0 atom stereocenters. The van der Waals surface area contributed by atoms with E-state index in [0.29, 0.717) is 17.7 Å². The molecule has 0 saturated carbocycles. The van der Waals surface area contributed by atoms with Crippen LogP contribution in [0.1, 0.15) is 45.7 Å². The highest BCUT2D eigenvalue weighted by atomic mass is 16.5. The third-order valence-corrected chi connectivity index (χ3v) is 3.75. The van der Waals surface area contributed by atoms with Gasteiger partial charge < -0.3 is 10.1 Å². The SMILES string of the molecule is CCc1ccc(C(=O)COC(=O)c2ccc(CNC(C)=O)cc2)cc1. The van der Waals surface area contributed by atoms with Crippen molar-refractivity contribution in [1.29, 1.82) is 0 Å². The van der Waals surface area contributed by atoms with E-state index in [4.69, 9.17) is 4.74 Å². The van der Waals surface area contributed by atoms with Crippen molar-refractivity contribution in [2.75, 3.05) is 6.61 Å². The van der Waals surface area contributed by atoms with Gasteiger partial charge in [-0.25, -0.2) is 4.79 Å². The molecule has 0 spiro atoms. The number of aryl methyl sites for hydroxylation is 1. The van der Waals surface area contributed by atoms with Crippen molar-refractivity contribution in [3.05, 3.63) is 70.8 Å². The molecule has 1 amide bonds. The van der Waals surface area contributed by atoms with E-state index in [2.05, 4.69) is 5.32 Å². The third-order valence-electron chi connectivity index (χ3n) is 3.75. The average molecular weight is 339 g/mol. The molecule has 5 heteroatoms. The van der Waals surface area contributed by atoms with Gasteiger partial charge in [-0.3, -0.25) is 9.59 Å². The first-order valence-electron chi connectivity index (χ1n) is 8.12. The Kier molecular flexibility index (Phi) is 6.46. The fourth-order valence-corrected chi connectivity index (χ4v) is 2.21. The smallest absolute Gasteiger partial charge is 0.338 e. The topological polar surface area (TPSA) is 72.5 Å². The number of carbonyl (C=O) groups is 3. The average Bonchev–Trinajstić information content (AvgIpc) is 2.64. The summed E-state index contributed by atoms with van der Waals surface area (Å²) < 4.78 is 5.08. The van der Waals surface area contributed by atoms with Crippen LogP contribution in [0.5, 0.6) is 0 Å². The molecule has 0 fully saturated rings. The van der Waals surface area contributed by atoms with Crippen molar-refractivity contribution >= 4 is 17.7 Å². The molecule has 0 saturated heterocycles. The summed E-state index contributed by atoms with van der Waals surface area (Å²) in [6, 6.07) is 14.0. The zero-order valence-corrected chi connectivity index (χ0v) is 14.4. The second-order valence-electron chi connectivity index (χ2n) is 5.66. The second-order valence-corrected chi connectivity index (χ2v) is 5.66. The highest BCUT2D eigenvalue weighted by Gasteiger charge is 2.12. The van der Waals surface area contributed by atoms with Crippen LogP contribution in [0.3, 0.4) is 0 Å². The highest BCUT2D eigenvalue weighted by Crippen LogP contribution is 2.09. The summed E-state index contributed by atoms with van der Waals surface area (Å²) in [5.74, 6) is -0.906. The van der Waals surface area contributed by atoms with Gasteiger partial charge in [-0.1, -0.05) is 43.3 Å². The standard InChI is InChI=1S/C20H21NO4/c1-3-15-4-8-17(9-5-15)19(23)13-25-20(24)18-10-6-16(7-11-18)12-21-14(2)22/h4-11H,3,12-13H2,1-2H3,(H,21,22). The summed E-state index contributed by atoms with van der Waals surface area (Å²) >= 11 is 0. The molecule has 2 rings (SSSR count). The Bertz CT molecular complexity index is 748. The van der Waals surface area contributed by atoms with Crippen LogP contribution >= 0.6 is 0 Å². The summed E-state index contributed by atoms with van der Waals surface area (Å²) in [6.07, 6.45) is 0.904. The number of ketones is 1. The molecular weight excluding hydrogens is 318 g/mol. The summed E-state index contributed by atoms with van der Waals surface area (Å²) in [7, 11) is 0. The van der Waals surface area contributed by atoms with Crippen LogP contribution in [-0.4, -0.2) is 24.3 Å². The first-order valence-corrected chi connectivity index (χ1v) is 8.12. The molecule has 0 heterocycles. The third kappa shape index (κ3) is 5.57. The number of nitrogens with one attached hydrogen (secondary N) is 1. The number of hydrogen-bond acceptors (Lipinski definition) is 4. The van der Waals surface area contributed by atoms with Gasteiger partial charge in [0.25, 0.3) is 0 Å². The van der Waals surface area contributed by atoms with E-state index in [0.717, 1.165) is 17.5 Å². The predicted octanol–water partition coefficient (Wildman–Crippen LogP) is 2.92. The van der Waals surface area contributed by atoms with Crippen LogP contribution in [0.2, 0.25) is 0 Å². The van der Waals surface area contributed by atoms with Crippen LogP contribution in [-0.2, 0) is 22.5 Å². The summed E-state index contributed by atoms with van der Waals surface area (Å²) in [4.78, 5) is 35.0. The van der Waals surface area contributed by atoms with E-state index >= 15 is 0 Å². The van der Waals surface area contributed by atoms with E-state index in [1.54, 1.807) is 36.4 Å². The zero-order valence-electron chi connectivity index (χ0n) is 14.4. The lowest BCUT2D eigenvalue weighted by Crippen LogP contribution is -2.19. The maximum atomic E-state index is 12.1. The van der Waals surface area contributed by atoms with E-state index in [-0.39, 0.29) is 18.3 Å². The quantitative estimate of drug-likeness (QED) is 0.622. The van der Waals surface area contributed by atoms with Crippen LogP contribution in [0.25, 0.3) is 0 Å². The van der Waals surface area contributed by atoms with Gasteiger partial charge in [0.15, 0.2) is 12.4 Å². The van der Waals surface area contributed by atoms with E-state index < -0.39 is 5.97 Å². The zero-order chi connectivity index (χ0) is 18.2. The molecule has 0 aliphatic heterocycles. The summed E-state index contributed by atoms with van der Waals surface area (Å²) in [5.41, 5.74) is 2.91. The molecule has 0 aliphatic rings. The molecule has 5 nitrogen and oxygen atoms in total. The number of rotatable bonds is 7. The van der Waals surface area contributed by atoms with Gasteiger partial charge in [-0.2, -0.15) is 0 Å². The maximum Gasteiger partial charge on any atom is 0.338 e. The Morgan fingerprint density at radius 2 is 1.44 bits per heavy atom. The summed E-state index contributed by atoms with van der Waals surface area (Å²) in [6.45, 7) is 3.59. The number of ether oxygens (including phenoxy) is 1. The van der Waals surface area contributed by atoms with Gasteiger partial charge in [-0.05, 0) is 29.7 Å². The number of carbonyl (C=O) groups excluding carboxylic acids is 3. The Hall–Kier alpha value is -2.95. The normalized spacial score (nSPS) is 10.2. The molecule has 1 N–H and O–H groups in total. The van der Waals surface area contributed by atoms with E-state index in [9.17, 15) is 14.4 Å². The molecule has 0 aromatic heterocycles. The Balaban J connectivity index is 1.88. The lowest BCUT2D eigenvalue weighted by molar-refractivity contribution is -0.119. The van der Waals surface area contributed by atoms with Gasteiger partial charge in [0.2, 0.25) is 5.91 Å². The number of Topliss-reactive ketones (excluding diaryl/α,β-unsaturated/α-hetero) is 1. The molecule has 0 radical (unpaired) electrons. The molecule has 0 unspecified atom stereocenters. The van der Waals surface area contributed by atoms with Crippen LogP contribution in [0.15, 0.2) is 48.5 Å². The van der Waals surface area contributed by atoms with Crippen LogP contribution < -0.4 is 5.32 Å². The van der Waals surface area contributed by atoms with Crippen molar-refractivity contribution < 1.29 is 19.1 Å². The molecule has 2 aromatic rings. The van der Waals surface area contributed by atoms with Crippen molar-refractivity contribution in [2.24, 2.45) is 0 Å². The van der Waals surface area contributed by atoms with Crippen LogP contribution in [0, 0.1) is 0 Å². The van der Waals surface area contributed by atoms with Gasteiger partial charge in [-0.15, -0.1) is 0 Å². The van der Waals surface area contributed by atoms with Gasteiger partial charge >= 0.3 is 5.97 Å². The number of hydrogen-bond donors (Lipinski definition) is 1. The second kappa shape index (κ2) is 8.78. The van der Waals surface area contributed by atoms with Crippen molar-refractivity contribution in [1.82, 2.24) is 5.32 Å². The lowest BCUT2D eigenvalue weighted by atomic mass is 10.1. The largest absolute Gasteiger partial charge is 0.454 e. The van der Waals surface area contributed by atoms with Crippen molar-refractivity contribution in [3.63, 3.8) is 0 Å². The number of esters is 1. The van der Waals surface area contributed by atoms with Gasteiger partial charge in [0.05, 0.1) is 5.56 Å². The number of benzene rings is 2. The molecule has 130 valence electrons. The predicted molar refractivity (Wildman–Crippen MR) is 94.4 cm³/mol. The minimum atomic E-state index is -0.551. The first kappa shape index (κ1) is 18.4. The van der Waals surface area contributed by atoms with Crippen LogP contribution in [0.4, 0.5) is 0 Å². The van der Waals surface area contributed by atoms with Gasteiger partial charge in [0, 0.05) is 19.0 Å². The maximum absolute atomic E-state index is 12.1. The molecular formula is C20H21NO4. The monoisotopic (exact) mass is 339 g/mol. The highest BCUT2D eigenvalue weighted by molar-refractivity contribution is 5.99. The molecule has 25 heavy (non-hydrogen) atoms. The minimum Gasteiger partial charge on any atom is -0.454 e. The summed E-state index contributed by atoms with van der Waals surface area (Å²) in [5, 5.41) is 2.68. The lowest BCUT2D eigenvalue weighted by Gasteiger charge is -2.06. The molecule has 2 aromatic carbocycles. The Morgan fingerprint density at radius 3 is 2.00 bits per heavy atom. The minimum absolute atomic E-state index is 0.117. The fraction of sp³-hybridized carbons (Fsp3) is 0.250. The van der Waals surface area contributed by atoms with E-state index in [1.165, 1.54) is 6.92 Å². The van der Waals surface area contributed by atoms with Gasteiger partial charge in [0.1, 0.15) is 0 Å². The van der Waals surface area contributed by atoms with E-state index in [1.807, 2.05) is 19.1 Å². The first-order chi connectivity index (χ1) is 12.0. The fourth-order valence-electron chi connectivity index (χ4n) is 2.21. The van der Waals surface area contributed by atoms with Crippen molar-refractivity contribution in [2.45, 2.75) is 26.8 Å². The van der Waals surface area contributed by atoms with Crippen molar-refractivity contribution in [3.8, 4) is 0 Å². The molecule has 0 aliphatic carbocycles. The number of amides is 1. The Labute approximate surface area is 147 Å².